The second-order valence-corrected chi connectivity index (χ2v) is 16.1. The molecule has 6 rings (SSSR count). The summed E-state index contributed by atoms with van der Waals surface area (Å²) >= 11 is 3.15. The van der Waals surface area contributed by atoms with Crippen LogP contribution >= 0.6 is 23.5 Å². The predicted octanol–water partition coefficient (Wildman–Crippen LogP) is 10.8. The van der Waals surface area contributed by atoms with Gasteiger partial charge in [-0.05, 0) is 33.4 Å². The van der Waals surface area contributed by atoms with Crippen molar-refractivity contribution in [2.45, 2.75) is 29.8 Å². The van der Waals surface area contributed by atoms with Crippen LogP contribution in [0.1, 0.15) is 43.9 Å². The maximum Gasteiger partial charge on any atom is 0.410 e. The largest absolute Gasteiger partial charge is 0.480 e. The Balaban J connectivity index is 1.23. The van der Waals surface area contributed by atoms with Gasteiger partial charge in [0.15, 0.2) is 0 Å². The number of nitrogens with zero attached hydrogens (tertiary/aromatic N) is 2. The lowest BCUT2D eigenvalue weighted by atomic mass is 10.0. The van der Waals surface area contributed by atoms with Crippen LogP contribution in [0.4, 0.5) is 9.59 Å². The van der Waals surface area contributed by atoms with Crippen molar-refractivity contribution < 1.29 is 29.0 Å². The molecule has 6 aromatic rings. The van der Waals surface area contributed by atoms with Gasteiger partial charge in [-0.15, -0.1) is 23.5 Å². The van der Waals surface area contributed by atoms with Crippen molar-refractivity contribution in [2.75, 3.05) is 31.1 Å². The van der Waals surface area contributed by atoms with Crippen LogP contribution in [0.3, 0.4) is 0 Å². The first-order valence-electron chi connectivity index (χ1n) is 19.5. The quantitative estimate of drug-likeness (QED) is 0.0813. The normalized spacial score (nSPS) is 11.5. The van der Waals surface area contributed by atoms with Crippen LogP contribution in [0.25, 0.3) is 0 Å². The summed E-state index contributed by atoms with van der Waals surface area (Å²) in [5, 5.41) is 10.6. The van der Waals surface area contributed by atoms with Crippen molar-refractivity contribution in [1.29, 1.82) is 0 Å². The molecule has 1 atom stereocenters. The standard InChI is InChI=1S/C49H48N2O6S2/c52-47(53)44(37-59-46(42-27-15-5-16-28-42)43-29-17-6-18-30-43)51(49(55)57-36-39-21-9-2-10-22-39)32-31-50(48(54)56-35-38-19-7-1-8-20-38)33-34-58-45(40-23-11-3-12-24-40)41-25-13-4-14-26-41/h1-30,44-46H,31-37H2,(H,52,53)/t44-/m0/s1. The summed E-state index contributed by atoms with van der Waals surface area (Å²) in [6, 6.07) is 57.6. The molecular formula is C49H48N2O6S2. The van der Waals surface area contributed by atoms with Gasteiger partial charge in [0.25, 0.3) is 0 Å². The molecule has 8 nitrogen and oxygen atoms in total. The smallest absolute Gasteiger partial charge is 0.410 e. The Morgan fingerprint density at radius 2 is 0.847 bits per heavy atom. The summed E-state index contributed by atoms with van der Waals surface area (Å²) < 4.78 is 11.6. The van der Waals surface area contributed by atoms with Crippen molar-refractivity contribution in [1.82, 2.24) is 9.80 Å². The molecule has 2 amide bonds. The molecule has 302 valence electrons. The van der Waals surface area contributed by atoms with Gasteiger partial charge in [0.2, 0.25) is 0 Å². The van der Waals surface area contributed by atoms with Gasteiger partial charge in [-0.3, -0.25) is 4.90 Å². The summed E-state index contributed by atoms with van der Waals surface area (Å²) in [7, 11) is 0. The van der Waals surface area contributed by atoms with Crippen LogP contribution in [-0.4, -0.2) is 70.2 Å². The molecule has 0 radical (unpaired) electrons. The van der Waals surface area contributed by atoms with Gasteiger partial charge in [-0.2, -0.15) is 0 Å². The van der Waals surface area contributed by atoms with Gasteiger partial charge in [-0.1, -0.05) is 182 Å². The Labute approximate surface area is 355 Å². The van der Waals surface area contributed by atoms with Crippen molar-refractivity contribution in [3.8, 4) is 0 Å². The third kappa shape index (κ3) is 13.0. The van der Waals surface area contributed by atoms with E-state index in [4.69, 9.17) is 9.47 Å². The predicted molar refractivity (Wildman–Crippen MR) is 237 cm³/mol. The Morgan fingerprint density at radius 3 is 1.25 bits per heavy atom. The Bertz CT molecular complexity index is 2070. The fourth-order valence-corrected chi connectivity index (χ4v) is 9.21. The van der Waals surface area contributed by atoms with Crippen molar-refractivity contribution >= 4 is 41.7 Å². The number of hydrogen-bond acceptors (Lipinski definition) is 7. The van der Waals surface area contributed by atoms with Crippen LogP contribution in [0.2, 0.25) is 0 Å². The van der Waals surface area contributed by atoms with Crippen molar-refractivity contribution in [3.05, 3.63) is 215 Å². The van der Waals surface area contributed by atoms with E-state index in [1.54, 1.807) is 16.7 Å². The number of amides is 2. The van der Waals surface area contributed by atoms with E-state index in [1.807, 2.05) is 158 Å². The average Bonchev–Trinajstić information content (AvgIpc) is 3.29. The topological polar surface area (TPSA) is 96.4 Å². The summed E-state index contributed by atoms with van der Waals surface area (Å²) in [5.41, 5.74) is 5.91. The number of carboxylic acids is 1. The molecule has 6 aromatic carbocycles. The van der Waals surface area contributed by atoms with E-state index >= 15 is 0 Å². The number of aliphatic carboxylic acids is 1. The van der Waals surface area contributed by atoms with E-state index in [0.29, 0.717) is 5.75 Å². The van der Waals surface area contributed by atoms with Gasteiger partial charge < -0.3 is 19.5 Å². The third-order valence-corrected chi connectivity index (χ3v) is 12.3. The molecule has 0 bridgehead atoms. The third-order valence-electron chi connectivity index (χ3n) is 9.65. The fourth-order valence-electron chi connectivity index (χ4n) is 6.55. The summed E-state index contributed by atoms with van der Waals surface area (Å²) in [4.78, 5) is 43.9. The van der Waals surface area contributed by atoms with Gasteiger partial charge in [0.05, 0.1) is 10.5 Å². The number of carbonyl (C=O) groups excluding carboxylic acids is 2. The number of rotatable bonds is 20. The maximum atomic E-state index is 14.0. The molecule has 10 heteroatoms. The fraction of sp³-hybridized carbons (Fsp3) is 0.204. The molecule has 0 spiro atoms. The molecule has 0 fully saturated rings. The zero-order chi connectivity index (χ0) is 41.1. The number of hydrogen-bond donors (Lipinski definition) is 1. The molecule has 0 heterocycles. The molecule has 0 aliphatic rings. The SMILES string of the molecule is O=C(O)[C@H](CSC(c1ccccc1)c1ccccc1)N(CCN(CCSC(c1ccccc1)c1ccccc1)C(=O)OCc1ccccc1)C(=O)OCc1ccccc1. The molecule has 0 unspecified atom stereocenters. The van der Waals surface area contributed by atoms with Gasteiger partial charge in [-0.25, -0.2) is 14.4 Å². The lowest BCUT2D eigenvalue weighted by Gasteiger charge is -2.32. The number of carbonyl (C=O) groups is 3. The Kier molecular flexibility index (Phi) is 16.5. The highest BCUT2D eigenvalue weighted by Gasteiger charge is 2.33. The number of thioether (sulfide) groups is 2. The summed E-state index contributed by atoms with van der Waals surface area (Å²) in [6.45, 7) is 0.241. The first-order chi connectivity index (χ1) is 29.0. The van der Waals surface area contributed by atoms with E-state index in [0.717, 1.165) is 33.4 Å². The highest BCUT2D eigenvalue weighted by molar-refractivity contribution is 8.00. The molecule has 0 saturated carbocycles. The van der Waals surface area contributed by atoms with Gasteiger partial charge >= 0.3 is 18.2 Å². The molecule has 0 aliphatic heterocycles. The summed E-state index contributed by atoms with van der Waals surface area (Å²) in [5.74, 6) is -0.563. The molecule has 0 aliphatic carbocycles. The minimum atomic E-state index is -1.27. The van der Waals surface area contributed by atoms with Gasteiger partial charge in [0.1, 0.15) is 19.3 Å². The van der Waals surface area contributed by atoms with Crippen LogP contribution in [0.5, 0.6) is 0 Å². The number of benzene rings is 6. The van der Waals surface area contributed by atoms with E-state index in [1.165, 1.54) is 16.7 Å². The van der Waals surface area contributed by atoms with E-state index in [2.05, 4.69) is 24.3 Å². The van der Waals surface area contributed by atoms with Crippen LogP contribution in [0.15, 0.2) is 182 Å². The molecule has 59 heavy (non-hydrogen) atoms. The first kappa shape index (κ1) is 42.6. The van der Waals surface area contributed by atoms with Crippen LogP contribution < -0.4 is 0 Å². The molecule has 0 aromatic heterocycles. The zero-order valence-corrected chi connectivity index (χ0v) is 34.3. The molecule has 1 N–H and O–H groups in total. The van der Waals surface area contributed by atoms with Crippen LogP contribution in [0, 0.1) is 0 Å². The Hall–Kier alpha value is -5.97. The number of carboxylic acid groups (broad SMARTS) is 1. The first-order valence-corrected chi connectivity index (χ1v) is 21.6. The van der Waals surface area contributed by atoms with Gasteiger partial charge in [0, 0.05) is 31.1 Å². The monoisotopic (exact) mass is 824 g/mol. The minimum Gasteiger partial charge on any atom is -0.480 e. The van der Waals surface area contributed by atoms with Crippen molar-refractivity contribution in [2.24, 2.45) is 0 Å². The second-order valence-electron chi connectivity index (χ2n) is 13.7. The van der Waals surface area contributed by atoms with E-state index in [-0.39, 0.29) is 49.1 Å². The Morgan fingerprint density at radius 1 is 0.475 bits per heavy atom. The highest BCUT2D eigenvalue weighted by Crippen LogP contribution is 2.37. The summed E-state index contributed by atoms with van der Waals surface area (Å²) in [6.07, 6.45) is -1.34. The van der Waals surface area contributed by atoms with Crippen molar-refractivity contribution in [3.63, 3.8) is 0 Å². The van der Waals surface area contributed by atoms with E-state index < -0.39 is 24.2 Å². The zero-order valence-electron chi connectivity index (χ0n) is 32.7. The number of ether oxygens (including phenoxy) is 2. The molecular weight excluding hydrogens is 777 g/mol. The lowest BCUT2D eigenvalue weighted by molar-refractivity contribution is -0.142. The van der Waals surface area contributed by atoms with E-state index in [9.17, 15) is 19.5 Å². The second kappa shape index (κ2) is 22.8. The lowest BCUT2D eigenvalue weighted by Crippen LogP contribution is -2.50. The average molecular weight is 825 g/mol. The minimum absolute atomic E-state index is 0.0136. The molecule has 0 saturated heterocycles. The highest BCUT2D eigenvalue weighted by atomic mass is 32.2. The maximum absolute atomic E-state index is 14.0. The van der Waals surface area contributed by atoms with Crippen LogP contribution in [-0.2, 0) is 27.5 Å².